The van der Waals surface area contributed by atoms with Crippen molar-refractivity contribution in [1.29, 1.82) is 0 Å². The van der Waals surface area contributed by atoms with Crippen molar-refractivity contribution in [2.45, 2.75) is 58.2 Å². The fourth-order valence-electron chi connectivity index (χ4n) is 4.34. The first-order chi connectivity index (χ1) is 13.1. The van der Waals surface area contributed by atoms with Crippen LogP contribution in [0.3, 0.4) is 0 Å². The molecule has 2 aromatic rings. The lowest BCUT2D eigenvalue weighted by Gasteiger charge is -2.44. The van der Waals surface area contributed by atoms with Crippen LogP contribution in [0.15, 0.2) is 48.7 Å². The Hall–Kier alpha value is -2.62. The predicted octanol–water partition coefficient (Wildman–Crippen LogP) is 5.05. The van der Waals surface area contributed by atoms with Crippen molar-refractivity contribution in [1.82, 2.24) is 9.88 Å². The number of ether oxygens (including phenoxy) is 1. The SMILES string of the molecule is Cc1cnc(C2=CC3CCCC(C2)N3C(=O)OCc2ccccc2)c(C)c1. The van der Waals surface area contributed by atoms with Gasteiger partial charge in [0, 0.05) is 12.2 Å². The molecule has 2 aliphatic heterocycles. The first-order valence-electron chi connectivity index (χ1n) is 9.75. The molecular formula is C23H26N2O2. The van der Waals surface area contributed by atoms with Gasteiger partial charge in [-0.05, 0) is 61.8 Å². The van der Waals surface area contributed by atoms with Crippen LogP contribution in [0.1, 0.15) is 48.1 Å². The van der Waals surface area contributed by atoms with E-state index >= 15 is 0 Å². The fraction of sp³-hybridized carbons (Fsp3) is 0.391. The highest BCUT2D eigenvalue weighted by atomic mass is 16.6. The molecule has 2 aliphatic rings. The van der Waals surface area contributed by atoms with E-state index in [1.165, 1.54) is 16.7 Å². The monoisotopic (exact) mass is 362 g/mol. The molecule has 2 bridgehead atoms. The molecule has 1 aromatic heterocycles. The maximum absolute atomic E-state index is 12.8. The molecule has 140 valence electrons. The molecule has 27 heavy (non-hydrogen) atoms. The summed E-state index contributed by atoms with van der Waals surface area (Å²) in [4.78, 5) is 19.4. The molecule has 4 heteroatoms. The van der Waals surface area contributed by atoms with Gasteiger partial charge >= 0.3 is 6.09 Å². The molecular weight excluding hydrogens is 336 g/mol. The Kier molecular flexibility index (Phi) is 4.97. The van der Waals surface area contributed by atoms with Gasteiger partial charge in [0.1, 0.15) is 6.61 Å². The van der Waals surface area contributed by atoms with Crippen LogP contribution in [-0.4, -0.2) is 28.1 Å². The minimum absolute atomic E-state index is 0.110. The summed E-state index contributed by atoms with van der Waals surface area (Å²) in [7, 11) is 0. The van der Waals surface area contributed by atoms with Gasteiger partial charge in [0.05, 0.1) is 11.7 Å². The maximum Gasteiger partial charge on any atom is 0.410 e. The van der Waals surface area contributed by atoms with Gasteiger partial charge in [-0.25, -0.2) is 4.79 Å². The Morgan fingerprint density at radius 1 is 1.22 bits per heavy atom. The fourth-order valence-corrected chi connectivity index (χ4v) is 4.34. The van der Waals surface area contributed by atoms with Gasteiger partial charge in [-0.3, -0.25) is 9.88 Å². The third kappa shape index (κ3) is 3.75. The lowest BCUT2D eigenvalue weighted by molar-refractivity contribution is 0.0510. The number of aryl methyl sites for hydroxylation is 2. The third-order valence-electron chi connectivity index (χ3n) is 5.57. The summed E-state index contributed by atoms with van der Waals surface area (Å²) in [6.45, 7) is 4.51. The van der Waals surface area contributed by atoms with E-state index in [9.17, 15) is 4.79 Å². The molecule has 4 nitrogen and oxygen atoms in total. The topological polar surface area (TPSA) is 42.4 Å². The number of benzene rings is 1. The molecule has 2 unspecified atom stereocenters. The Morgan fingerprint density at radius 2 is 2.04 bits per heavy atom. The van der Waals surface area contributed by atoms with Crippen LogP contribution >= 0.6 is 0 Å². The number of nitrogens with zero attached hydrogens (tertiary/aromatic N) is 2. The van der Waals surface area contributed by atoms with Crippen molar-refractivity contribution in [2.75, 3.05) is 0 Å². The van der Waals surface area contributed by atoms with E-state index in [0.29, 0.717) is 6.61 Å². The van der Waals surface area contributed by atoms with Crippen LogP contribution in [0.4, 0.5) is 4.79 Å². The smallest absolute Gasteiger partial charge is 0.410 e. The zero-order valence-corrected chi connectivity index (χ0v) is 16.0. The van der Waals surface area contributed by atoms with Crippen molar-refractivity contribution in [3.63, 3.8) is 0 Å². The van der Waals surface area contributed by atoms with E-state index < -0.39 is 0 Å². The van der Waals surface area contributed by atoms with E-state index in [1.54, 1.807) is 0 Å². The highest BCUT2D eigenvalue weighted by Gasteiger charge is 2.38. The number of fused-ring (bicyclic) bond motifs is 2. The normalized spacial score (nSPS) is 21.6. The molecule has 1 amide bonds. The summed E-state index contributed by atoms with van der Waals surface area (Å²) in [6.07, 6.45) is 8.00. The number of carbonyl (C=O) groups is 1. The van der Waals surface area contributed by atoms with E-state index in [2.05, 4.69) is 31.0 Å². The lowest BCUT2D eigenvalue weighted by Crippen LogP contribution is -2.51. The van der Waals surface area contributed by atoms with Crippen LogP contribution in [0, 0.1) is 13.8 Å². The van der Waals surface area contributed by atoms with Gasteiger partial charge in [-0.2, -0.15) is 0 Å². The Balaban J connectivity index is 1.52. The Bertz CT molecular complexity index is 860. The highest BCUT2D eigenvalue weighted by molar-refractivity contribution is 5.74. The van der Waals surface area contributed by atoms with Crippen LogP contribution in [0.5, 0.6) is 0 Å². The number of hydrogen-bond acceptors (Lipinski definition) is 3. The van der Waals surface area contributed by atoms with E-state index in [4.69, 9.17) is 4.74 Å². The predicted molar refractivity (Wildman–Crippen MR) is 106 cm³/mol. The first kappa shape index (κ1) is 17.8. The van der Waals surface area contributed by atoms with E-state index in [1.807, 2.05) is 41.4 Å². The molecule has 0 radical (unpaired) electrons. The molecule has 2 atom stereocenters. The second-order valence-corrected chi connectivity index (χ2v) is 7.67. The number of rotatable bonds is 3. The molecule has 0 saturated carbocycles. The summed E-state index contributed by atoms with van der Waals surface area (Å²) in [5.74, 6) is 0. The number of hydrogen-bond donors (Lipinski definition) is 0. The van der Waals surface area contributed by atoms with Crippen molar-refractivity contribution < 1.29 is 9.53 Å². The zero-order chi connectivity index (χ0) is 18.8. The summed E-state index contributed by atoms with van der Waals surface area (Å²) >= 11 is 0. The number of piperidine rings is 1. The molecule has 0 N–H and O–H groups in total. The van der Waals surface area contributed by atoms with Gasteiger partial charge < -0.3 is 4.74 Å². The van der Waals surface area contributed by atoms with E-state index in [0.717, 1.165) is 36.9 Å². The second-order valence-electron chi connectivity index (χ2n) is 7.67. The lowest BCUT2D eigenvalue weighted by atomic mass is 9.83. The van der Waals surface area contributed by atoms with Crippen LogP contribution in [0.2, 0.25) is 0 Å². The van der Waals surface area contributed by atoms with Crippen molar-refractivity contribution in [3.8, 4) is 0 Å². The van der Waals surface area contributed by atoms with Gasteiger partial charge in [-0.15, -0.1) is 0 Å². The quantitative estimate of drug-likeness (QED) is 0.768. The zero-order valence-electron chi connectivity index (χ0n) is 16.0. The third-order valence-corrected chi connectivity index (χ3v) is 5.57. The molecule has 0 spiro atoms. The molecule has 4 rings (SSSR count). The Labute approximate surface area is 160 Å². The highest BCUT2D eigenvalue weighted by Crippen LogP contribution is 2.37. The first-order valence-corrected chi connectivity index (χ1v) is 9.75. The van der Waals surface area contributed by atoms with Gasteiger partial charge in [0.2, 0.25) is 0 Å². The van der Waals surface area contributed by atoms with Crippen molar-refractivity contribution in [3.05, 3.63) is 71.1 Å². The average molecular weight is 362 g/mol. The number of aromatic nitrogens is 1. The second kappa shape index (κ2) is 7.55. The molecule has 0 aliphatic carbocycles. The molecule has 1 aromatic carbocycles. The number of carbonyl (C=O) groups excluding carboxylic acids is 1. The molecule has 1 saturated heterocycles. The summed E-state index contributed by atoms with van der Waals surface area (Å²) in [5.41, 5.74) is 5.76. The van der Waals surface area contributed by atoms with Gasteiger partial charge in [-0.1, -0.05) is 42.5 Å². The number of pyridine rings is 1. The van der Waals surface area contributed by atoms with Gasteiger partial charge in [0.25, 0.3) is 0 Å². The number of amides is 1. The maximum atomic E-state index is 12.8. The van der Waals surface area contributed by atoms with E-state index in [-0.39, 0.29) is 18.2 Å². The minimum atomic E-state index is -0.197. The van der Waals surface area contributed by atoms with Crippen molar-refractivity contribution in [2.24, 2.45) is 0 Å². The average Bonchev–Trinajstić information content (AvgIpc) is 2.66. The largest absolute Gasteiger partial charge is 0.445 e. The van der Waals surface area contributed by atoms with Crippen molar-refractivity contribution >= 4 is 11.7 Å². The summed E-state index contributed by atoms with van der Waals surface area (Å²) in [6, 6.07) is 12.3. The van der Waals surface area contributed by atoms with Crippen LogP contribution in [-0.2, 0) is 11.3 Å². The molecule has 3 heterocycles. The Morgan fingerprint density at radius 3 is 2.78 bits per heavy atom. The summed E-state index contributed by atoms with van der Waals surface area (Å²) < 4.78 is 5.63. The van der Waals surface area contributed by atoms with Crippen LogP contribution in [0.25, 0.3) is 5.57 Å². The minimum Gasteiger partial charge on any atom is -0.445 e. The van der Waals surface area contributed by atoms with Gasteiger partial charge in [0.15, 0.2) is 0 Å². The molecule has 1 fully saturated rings. The standard InChI is InChI=1S/C23H26N2O2/c1-16-11-17(2)22(24-14-16)19-12-20-9-6-10-21(13-19)25(20)23(26)27-15-18-7-4-3-5-8-18/h3-5,7-8,11-12,14,20-21H,6,9-10,13,15H2,1-2H3. The van der Waals surface area contributed by atoms with Crippen LogP contribution < -0.4 is 0 Å². The summed E-state index contributed by atoms with van der Waals surface area (Å²) in [5, 5.41) is 0.